The van der Waals surface area contributed by atoms with Crippen LogP contribution in [0.5, 0.6) is 0 Å². The molecule has 126 valence electrons. The van der Waals surface area contributed by atoms with E-state index < -0.39 is 0 Å². The molecular weight excluding hydrogens is 378 g/mol. The largest absolute Gasteiger partial charge is 0.378 e. The number of carbonyl (C=O) groups is 1. The summed E-state index contributed by atoms with van der Waals surface area (Å²) in [6.07, 6.45) is -0.133. The number of hydrogen-bond donors (Lipinski definition) is 0. The van der Waals surface area contributed by atoms with E-state index in [1.165, 1.54) is 11.3 Å². The number of carbonyl (C=O) groups excluding carboxylic acids is 1. The molecule has 0 saturated carbocycles. The Morgan fingerprint density at radius 3 is 2.68 bits per heavy atom. The molecule has 25 heavy (non-hydrogen) atoms. The zero-order valence-electron chi connectivity index (χ0n) is 13.2. The Bertz CT molecular complexity index is 857. The van der Waals surface area contributed by atoms with E-state index in [9.17, 15) is 10.1 Å². The normalized spacial score (nSPS) is 14.4. The van der Waals surface area contributed by atoms with Gasteiger partial charge in [-0.1, -0.05) is 29.3 Å². The van der Waals surface area contributed by atoms with E-state index in [-0.39, 0.29) is 12.1 Å². The van der Waals surface area contributed by atoms with Crippen molar-refractivity contribution < 1.29 is 9.53 Å². The maximum absolute atomic E-state index is 12.4. The first kappa shape index (κ1) is 18.3. The summed E-state index contributed by atoms with van der Waals surface area (Å²) < 4.78 is 5.37. The molecule has 2 heterocycles. The maximum Gasteiger partial charge on any atom is 0.165 e. The lowest BCUT2D eigenvalue weighted by Crippen LogP contribution is -2.36. The van der Waals surface area contributed by atoms with E-state index in [1.54, 1.807) is 18.2 Å². The lowest BCUT2D eigenvalue weighted by molar-refractivity contribution is 0.102. The smallest absolute Gasteiger partial charge is 0.165 e. The van der Waals surface area contributed by atoms with Crippen molar-refractivity contribution in [3.63, 3.8) is 0 Å². The number of nitriles is 1. The zero-order valence-corrected chi connectivity index (χ0v) is 15.5. The van der Waals surface area contributed by atoms with Gasteiger partial charge in [0, 0.05) is 34.3 Å². The number of anilines is 1. The highest BCUT2D eigenvalue weighted by Gasteiger charge is 2.28. The van der Waals surface area contributed by atoms with Crippen LogP contribution in [0.2, 0.25) is 16.4 Å². The van der Waals surface area contributed by atoms with Crippen LogP contribution in [0.15, 0.2) is 18.2 Å². The van der Waals surface area contributed by atoms with Crippen molar-refractivity contribution in [1.82, 2.24) is 0 Å². The first-order valence-corrected chi connectivity index (χ1v) is 9.22. The molecule has 1 fully saturated rings. The van der Waals surface area contributed by atoms with Gasteiger partial charge in [-0.15, -0.1) is 11.3 Å². The van der Waals surface area contributed by atoms with Gasteiger partial charge in [0.1, 0.15) is 11.1 Å². The molecule has 2 aromatic rings. The minimum absolute atomic E-state index is 0.133. The molecule has 1 aliphatic heterocycles. The lowest BCUT2D eigenvalue weighted by atomic mass is 9.94. The van der Waals surface area contributed by atoms with Crippen molar-refractivity contribution in [2.75, 3.05) is 31.2 Å². The summed E-state index contributed by atoms with van der Waals surface area (Å²) in [4.78, 5) is 14.9. The Hall–Kier alpha value is -1.52. The van der Waals surface area contributed by atoms with Crippen LogP contribution in [-0.2, 0) is 4.74 Å². The summed E-state index contributed by atoms with van der Waals surface area (Å²) in [7, 11) is 5.58. The molecule has 1 aliphatic rings. The van der Waals surface area contributed by atoms with E-state index >= 15 is 0 Å². The van der Waals surface area contributed by atoms with Crippen LogP contribution in [0.1, 0.15) is 15.2 Å². The fourth-order valence-corrected chi connectivity index (χ4v) is 4.52. The third-order valence-electron chi connectivity index (χ3n) is 3.94. The summed E-state index contributed by atoms with van der Waals surface area (Å²) in [6.45, 7) is 2.50. The Morgan fingerprint density at radius 1 is 1.36 bits per heavy atom. The van der Waals surface area contributed by atoms with E-state index in [4.69, 9.17) is 35.8 Å². The number of benzene rings is 1. The summed E-state index contributed by atoms with van der Waals surface area (Å²) in [5.74, 6) is -0.220. The Balaban J connectivity index is 2.22. The molecule has 0 amide bonds. The molecule has 3 rings (SSSR count). The molecular formula is C17H13BCl2N2O2S. The number of hydrogen-bond acceptors (Lipinski definition) is 5. The fraction of sp³-hybridized carbons (Fsp3) is 0.294. The van der Waals surface area contributed by atoms with Crippen LogP contribution in [-0.4, -0.2) is 39.9 Å². The van der Waals surface area contributed by atoms with Crippen LogP contribution in [0.3, 0.4) is 0 Å². The average molecular weight is 391 g/mol. The van der Waals surface area contributed by atoms with Gasteiger partial charge < -0.3 is 9.64 Å². The second kappa shape index (κ2) is 7.80. The number of morpholine rings is 1. The van der Waals surface area contributed by atoms with Gasteiger partial charge in [-0.25, -0.2) is 0 Å². The van der Waals surface area contributed by atoms with Crippen molar-refractivity contribution in [1.29, 1.82) is 5.26 Å². The molecule has 2 radical (unpaired) electrons. The summed E-state index contributed by atoms with van der Waals surface area (Å²) in [5, 5.41) is 11.4. The van der Waals surface area contributed by atoms with E-state index in [1.807, 2.05) is 0 Å². The Labute approximate surface area is 161 Å². The minimum Gasteiger partial charge on any atom is -0.378 e. The predicted octanol–water partition coefficient (Wildman–Crippen LogP) is 4.20. The molecule has 0 spiro atoms. The first-order valence-electron chi connectivity index (χ1n) is 7.65. The highest BCUT2D eigenvalue weighted by atomic mass is 35.5. The van der Waals surface area contributed by atoms with Gasteiger partial charge >= 0.3 is 0 Å². The summed E-state index contributed by atoms with van der Waals surface area (Å²) >= 11 is 13.6. The topological polar surface area (TPSA) is 53.3 Å². The number of nitrogens with zero attached hydrogens (tertiary/aromatic N) is 2. The molecule has 1 aromatic carbocycles. The van der Waals surface area contributed by atoms with Crippen LogP contribution in [0, 0.1) is 11.3 Å². The highest BCUT2D eigenvalue weighted by Crippen LogP contribution is 2.45. The van der Waals surface area contributed by atoms with Crippen molar-refractivity contribution in [3.05, 3.63) is 38.7 Å². The minimum atomic E-state index is -0.220. The second-order valence-corrected chi connectivity index (χ2v) is 7.29. The monoisotopic (exact) mass is 390 g/mol. The molecule has 8 heteroatoms. The van der Waals surface area contributed by atoms with Gasteiger partial charge in [0.15, 0.2) is 5.78 Å². The van der Waals surface area contributed by atoms with Gasteiger partial charge in [-0.3, -0.25) is 4.79 Å². The number of ether oxygens (including phenoxy) is 1. The maximum atomic E-state index is 12.4. The molecule has 0 unspecified atom stereocenters. The van der Waals surface area contributed by atoms with Crippen LogP contribution in [0.4, 0.5) is 5.00 Å². The summed E-state index contributed by atoms with van der Waals surface area (Å²) in [5.41, 5.74) is 1.58. The quantitative estimate of drug-likeness (QED) is 0.579. The Morgan fingerprint density at radius 2 is 2.08 bits per heavy atom. The molecule has 0 atom stereocenters. The van der Waals surface area contributed by atoms with Gasteiger partial charge in [0.25, 0.3) is 0 Å². The van der Waals surface area contributed by atoms with Gasteiger partial charge in [-0.2, -0.15) is 5.26 Å². The van der Waals surface area contributed by atoms with Crippen LogP contribution >= 0.6 is 34.5 Å². The van der Waals surface area contributed by atoms with Crippen molar-refractivity contribution in [2.45, 2.75) is 6.32 Å². The molecule has 4 nitrogen and oxygen atoms in total. The second-order valence-electron chi connectivity index (χ2n) is 5.45. The predicted molar refractivity (Wildman–Crippen MR) is 102 cm³/mol. The number of Topliss-reactive ketones (excluding diaryl/α,β-unsaturated/α-hetero) is 1. The molecule has 0 aliphatic carbocycles. The molecule has 1 saturated heterocycles. The lowest BCUT2D eigenvalue weighted by Gasteiger charge is -2.27. The molecule has 0 N–H and O–H groups in total. The Kier molecular flexibility index (Phi) is 5.70. The number of ketones is 1. The number of thiophene rings is 1. The van der Waals surface area contributed by atoms with Crippen molar-refractivity contribution >= 4 is 53.2 Å². The molecule has 0 bridgehead atoms. The highest BCUT2D eigenvalue weighted by molar-refractivity contribution is 7.19. The molecule has 1 aromatic heterocycles. The van der Waals surface area contributed by atoms with Gasteiger partial charge in [0.2, 0.25) is 0 Å². The zero-order chi connectivity index (χ0) is 18.0. The van der Waals surface area contributed by atoms with Crippen molar-refractivity contribution in [2.24, 2.45) is 0 Å². The fourth-order valence-electron chi connectivity index (χ4n) is 2.75. The number of halogens is 2. The average Bonchev–Trinajstić information content (AvgIpc) is 3.01. The van der Waals surface area contributed by atoms with Crippen molar-refractivity contribution in [3.8, 4) is 17.2 Å². The van der Waals surface area contributed by atoms with Crippen LogP contribution < -0.4 is 4.90 Å². The standard InChI is InChI=1S/C17H13BCl2N2O2S/c18-8-14(23)16-15(11-2-1-10(19)7-13(11)20)12(9-21)17(25-16)22-3-5-24-6-4-22/h1-2,7H,3-6,8H2. The van der Waals surface area contributed by atoms with E-state index in [2.05, 4.69) is 11.0 Å². The van der Waals surface area contributed by atoms with Gasteiger partial charge in [0.05, 0.1) is 31.5 Å². The third kappa shape index (κ3) is 3.56. The number of rotatable bonds is 4. The summed E-state index contributed by atoms with van der Waals surface area (Å²) in [6, 6.07) is 7.26. The van der Waals surface area contributed by atoms with E-state index in [0.717, 1.165) is 5.00 Å². The van der Waals surface area contributed by atoms with Gasteiger partial charge in [-0.05, 0) is 18.5 Å². The SMILES string of the molecule is [B]CC(=O)c1sc(N2CCOCC2)c(C#N)c1-c1ccc(Cl)cc1Cl. The third-order valence-corrected chi connectivity index (χ3v) is 5.78. The van der Waals surface area contributed by atoms with E-state index in [0.29, 0.717) is 57.9 Å². The first-order chi connectivity index (χ1) is 12.1. The van der Waals surface area contributed by atoms with Crippen LogP contribution in [0.25, 0.3) is 11.1 Å².